The summed E-state index contributed by atoms with van der Waals surface area (Å²) in [5.41, 5.74) is 3.99. The highest BCUT2D eigenvalue weighted by molar-refractivity contribution is 9.12. The van der Waals surface area contributed by atoms with Crippen LogP contribution >= 0.6 is 31.9 Å². The number of carbonyl (C=O) groups excluding carboxylic acids is 4. The smallest absolute Gasteiger partial charge is 0.316 e. The van der Waals surface area contributed by atoms with E-state index in [2.05, 4.69) is 31.9 Å². The molecule has 2 heterocycles. The molecule has 0 radical (unpaired) electrons. The number of imide groups is 1. The summed E-state index contributed by atoms with van der Waals surface area (Å²) in [6, 6.07) is 10.8. The third-order valence-corrected chi connectivity index (χ3v) is 10.4. The molecule has 0 N–H and O–H groups in total. The van der Waals surface area contributed by atoms with Crippen molar-refractivity contribution < 1.29 is 23.9 Å². The van der Waals surface area contributed by atoms with Gasteiger partial charge in [0.2, 0.25) is 17.7 Å². The summed E-state index contributed by atoms with van der Waals surface area (Å²) in [7, 11) is 0. The first kappa shape index (κ1) is 26.1. The molecular formula is C28H28Br2N2O5. The standard InChI is InChI=1S/C28H28Br2N2O5/c1-14-5-4-6-15(2)25(14)31-13-17(10-24(31)33)28(36)37-18-7-8-23(16(3)9-18)32-26(34)19-11-21(29)22(30)12-20(19)27(32)35/h4-9,17,19-22H,10-13H2,1-3H3/t17-,19-,20-,21-,22+/m1/s1. The van der Waals surface area contributed by atoms with E-state index in [1.54, 1.807) is 30.0 Å². The van der Waals surface area contributed by atoms with Crippen LogP contribution in [0.4, 0.5) is 11.4 Å². The molecule has 2 aromatic carbocycles. The largest absolute Gasteiger partial charge is 0.426 e. The Labute approximate surface area is 232 Å². The molecule has 1 saturated carbocycles. The van der Waals surface area contributed by atoms with Gasteiger partial charge in [0.25, 0.3) is 0 Å². The summed E-state index contributed by atoms with van der Waals surface area (Å²) in [6.45, 7) is 5.96. The van der Waals surface area contributed by atoms with E-state index in [0.717, 1.165) is 16.8 Å². The van der Waals surface area contributed by atoms with E-state index in [1.807, 2.05) is 32.0 Å². The van der Waals surface area contributed by atoms with Crippen LogP contribution in [0, 0.1) is 38.5 Å². The van der Waals surface area contributed by atoms with Crippen molar-refractivity contribution in [2.24, 2.45) is 17.8 Å². The number of anilines is 2. The Kier molecular flexibility index (Phi) is 7.04. The first-order chi connectivity index (χ1) is 17.6. The molecule has 7 nitrogen and oxygen atoms in total. The average molecular weight is 632 g/mol. The Morgan fingerprint density at radius 2 is 1.49 bits per heavy atom. The first-order valence-electron chi connectivity index (χ1n) is 12.4. The number of hydrogen-bond donors (Lipinski definition) is 0. The molecule has 1 aliphatic carbocycles. The fourth-order valence-electron chi connectivity index (χ4n) is 5.79. The lowest BCUT2D eigenvalue weighted by Crippen LogP contribution is -2.34. The van der Waals surface area contributed by atoms with Crippen LogP contribution in [-0.2, 0) is 19.2 Å². The van der Waals surface area contributed by atoms with E-state index in [0.29, 0.717) is 29.8 Å². The van der Waals surface area contributed by atoms with Crippen molar-refractivity contribution >= 4 is 66.9 Å². The van der Waals surface area contributed by atoms with Crippen LogP contribution in [0.15, 0.2) is 36.4 Å². The van der Waals surface area contributed by atoms with E-state index in [1.165, 1.54) is 4.90 Å². The van der Waals surface area contributed by atoms with E-state index in [-0.39, 0.29) is 52.2 Å². The molecule has 0 unspecified atom stereocenters. The summed E-state index contributed by atoms with van der Waals surface area (Å²) in [5, 5.41) is 0. The number of para-hydroxylation sites is 1. The lowest BCUT2D eigenvalue weighted by atomic mass is 9.81. The van der Waals surface area contributed by atoms with Gasteiger partial charge in [-0.05, 0) is 68.5 Å². The zero-order valence-electron chi connectivity index (χ0n) is 20.9. The molecule has 5 atom stereocenters. The Bertz CT molecular complexity index is 1260. The summed E-state index contributed by atoms with van der Waals surface area (Å²) in [5.74, 6) is -1.85. The predicted molar refractivity (Wildman–Crippen MR) is 147 cm³/mol. The lowest BCUT2D eigenvalue weighted by molar-refractivity contribution is -0.139. The topological polar surface area (TPSA) is 84.0 Å². The van der Waals surface area contributed by atoms with Crippen molar-refractivity contribution in [3.63, 3.8) is 0 Å². The molecule has 5 rings (SSSR count). The number of aryl methyl sites for hydroxylation is 3. The van der Waals surface area contributed by atoms with Crippen LogP contribution in [-0.4, -0.2) is 39.9 Å². The highest BCUT2D eigenvalue weighted by Gasteiger charge is 2.52. The Morgan fingerprint density at radius 3 is 2.05 bits per heavy atom. The predicted octanol–water partition coefficient (Wildman–Crippen LogP) is 5.00. The van der Waals surface area contributed by atoms with Gasteiger partial charge >= 0.3 is 5.97 Å². The lowest BCUT2D eigenvalue weighted by Gasteiger charge is -2.29. The Morgan fingerprint density at radius 1 is 0.892 bits per heavy atom. The molecular weight excluding hydrogens is 604 g/mol. The number of carbonyl (C=O) groups is 4. The Balaban J connectivity index is 1.30. The van der Waals surface area contributed by atoms with Crippen molar-refractivity contribution in [1.82, 2.24) is 0 Å². The maximum Gasteiger partial charge on any atom is 0.316 e. The second-order valence-corrected chi connectivity index (χ2v) is 12.6. The van der Waals surface area contributed by atoms with Crippen LogP contribution in [0.3, 0.4) is 0 Å². The van der Waals surface area contributed by atoms with Crippen LogP contribution < -0.4 is 14.5 Å². The van der Waals surface area contributed by atoms with Crippen molar-refractivity contribution in [2.75, 3.05) is 16.3 Å². The summed E-state index contributed by atoms with van der Waals surface area (Å²) < 4.78 is 5.65. The SMILES string of the molecule is Cc1cc(OC(=O)[C@@H]2CC(=O)N(c3c(C)cccc3C)C2)ccc1N1C(=O)[C@@H]2C[C@@H](Br)[C@@H](Br)C[C@H]2C1=O. The third kappa shape index (κ3) is 4.65. The van der Waals surface area contributed by atoms with Gasteiger partial charge in [-0.15, -0.1) is 0 Å². The minimum atomic E-state index is -0.578. The molecule has 3 fully saturated rings. The van der Waals surface area contributed by atoms with Crippen LogP contribution in [0.1, 0.15) is 36.0 Å². The fraction of sp³-hybridized carbons (Fsp3) is 0.429. The van der Waals surface area contributed by atoms with E-state index >= 15 is 0 Å². The van der Waals surface area contributed by atoms with Gasteiger partial charge in [0, 0.05) is 28.3 Å². The second kappa shape index (κ2) is 9.98. The van der Waals surface area contributed by atoms with Gasteiger partial charge in [0.1, 0.15) is 5.75 Å². The molecule has 3 amide bonds. The van der Waals surface area contributed by atoms with E-state index in [9.17, 15) is 19.2 Å². The number of hydrogen-bond acceptors (Lipinski definition) is 5. The summed E-state index contributed by atoms with van der Waals surface area (Å²) in [6.07, 6.45) is 1.30. The third-order valence-electron chi connectivity index (χ3n) is 7.71. The van der Waals surface area contributed by atoms with Gasteiger partial charge in [0.15, 0.2) is 0 Å². The second-order valence-electron chi connectivity index (χ2n) is 10.2. The first-order valence-corrected chi connectivity index (χ1v) is 14.2. The molecule has 0 bridgehead atoms. The van der Waals surface area contributed by atoms with Gasteiger partial charge in [0.05, 0.1) is 23.4 Å². The molecule has 194 valence electrons. The minimum Gasteiger partial charge on any atom is -0.426 e. The number of fused-ring (bicyclic) bond motifs is 1. The zero-order valence-corrected chi connectivity index (χ0v) is 24.0. The molecule has 37 heavy (non-hydrogen) atoms. The average Bonchev–Trinajstić information content (AvgIpc) is 3.32. The van der Waals surface area contributed by atoms with Gasteiger partial charge in [-0.3, -0.25) is 19.2 Å². The maximum absolute atomic E-state index is 13.2. The van der Waals surface area contributed by atoms with Crippen LogP contribution in [0.5, 0.6) is 5.75 Å². The number of benzene rings is 2. The van der Waals surface area contributed by atoms with Crippen LogP contribution in [0.25, 0.3) is 0 Å². The molecule has 2 aliphatic heterocycles. The van der Waals surface area contributed by atoms with Gasteiger partial charge in [-0.2, -0.15) is 0 Å². The summed E-state index contributed by atoms with van der Waals surface area (Å²) >= 11 is 7.23. The van der Waals surface area contributed by atoms with Crippen molar-refractivity contribution in [1.29, 1.82) is 0 Å². The van der Waals surface area contributed by atoms with Crippen molar-refractivity contribution in [3.8, 4) is 5.75 Å². The Hall–Kier alpha value is -2.52. The van der Waals surface area contributed by atoms with Gasteiger partial charge in [-0.1, -0.05) is 50.1 Å². The van der Waals surface area contributed by atoms with Gasteiger partial charge < -0.3 is 9.64 Å². The normalized spacial score (nSPS) is 27.6. The minimum absolute atomic E-state index is 0.0896. The number of halogens is 2. The molecule has 0 spiro atoms. The molecule has 0 aromatic heterocycles. The number of rotatable bonds is 4. The monoisotopic (exact) mass is 630 g/mol. The van der Waals surface area contributed by atoms with Crippen LogP contribution in [0.2, 0.25) is 0 Å². The molecule has 2 saturated heterocycles. The number of alkyl halides is 2. The van der Waals surface area contributed by atoms with Crippen molar-refractivity contribution in [3.05, 3.63) is 53.1 Å². The number of nitrogens with zero attached hydrogens (tertiary/aromatic N) is 2. The van der Waals surface area contributed by atoms with E-state index in [4.69, 9.17) is 4.74 Å². The molecule has 9 heteroatoms. The molecule has 3 aliphatic rings. The van der Waals surface area contributed by atoms with Gasteiger partial charge in [-0.25, -0.2) is 4.90 Å². The number of amides is 3. The zero-order chi connectivity index (χ0) is 26.6. The fourth-order valence-corrected chi connectivity index (χ4v) is 7.02. The number of ether oxygens (including phenoxy) is 1. The molecule has 2 aromatic rings. The maximum atomic E-state index is 13.2. The highest BCUT2D eigenvalue weighted by atomic mass is 79.9. The van der Waals surface area contributed by atoms with E-state index < -0.39 is 11.9 Å². The quantitative estimate of drug-likeness (QED) is 0.205. The number of esters is 1. The highest BCUT2D eigenvalue weighted by Crippen LogP contribution is 2.45. The van der Waals surface area contributed by atoms with Crippen molar-refractivity contribution in [2.45, 2.75) is 49.7 Å². The summed E-state index contributed by atoms with van der Waals surface area (Å²) in [4.78, 5) is 55.3.